The van der Waals surface area contributed by atoms with Crippen molar-refractivity contribution in [3.05, 3.63) is 0 Å². The van der Waals surface area contributed by atoms with Crippen LogP contribution in [-0.2, 0) is 19.1 Å². The molecule has 0 bridgehead atoms. The molecule has 0 spiro atoms. The SMILES string of the molecule is COC(=O)[C@H](CC(C)C)NC(=O)C1CNCCO1. The van der Waals surface area contributed by atoms with Crippen LogP contribution >= 0.6 is 0 Å². The molecule has 1 heterocycles. The fourth-order valence-electron chi connectivity index (χ4n) is 1.83. The Kier molecular flexibility index (Phi) is 6.07. The largest absolute Gasteiger partial charge is 0.467 e. The number of nitrogens with one attached hydrogen (secondary N) is 2. The van der Waals surface area contributed by atoms with Crippen molar-refractivity contribution in [1.29, 1.82) is 0 Å². The molecule has 104 valence electrons. The minimum Gasteiger partial charge on any atom is -0.467 e. The number of ether oxygens (including phenoxy) is 2. The Balaban J connectivity index is 2.52. The van der Waals surface area contributed by atoms with Gasteiger partial charge in [0.15, 0.2) is 0 Å². The summed E-state index contributed by atoms with van der Waals surface area (Å²) in [6.07, 6.45) is 0.0246. The zero-order valence-corrected chi connectivity index (χ0v) is 11.2. The lowest BCUT2D eigenvalue weighted by Gasteiger charge is -2.25. The van der Waals surface area contributed by atoms with Gasteiger partial charge in [0.1, 0.15) is 12.1 Å². The van der Waals surface area contributed by atoms with Gasteiger partial charge in [0, 0.05) is 13.1 Å². The Morgan fingerprint density at radius 1 is 1.50 bits per heavy atom. The van der Waals surface area contributed by atoms with Crippen LogP contribution in [0.25, 0.3) is 0 Å². The molecule has 0 radical (unpaired) electrons. The van der Waals surface area contributed by atoms with Gasteiger partial charge >= 0.3 is 5.97 Å². The highest BCUT2D eigenvalue weighted by molar-refractivity contribution is 5.87. The average molecular weight is 258 g/mol. The molecule has 2 N–H and O–H groups in total. The summed E-state index contributed by atoms with van der Waals surface area (Å²) < 4.78 is 10.0. The summed E-state index contributed by atoms with van der Waals surface area (Å²) in [5.41, 5.74) is 0. The summed E-state index contributed by atoms with van der Waals surface area (Å²) in [6, 6.07) is -0.604. The average Bonchev–Trinajstić information content (AvgIpc) is 2.37. The number of rotatable bonds is 5. The summed E-state index contributed by atoms with van der Waals surface area (Å²) in [4.78, 5) is 23.5. The predicted molar refractivity (Wildman–Crippen MR) is 66.0 cm³/mol. The molecule has 1 fully saturated rings. The molecule has 0 saturated carbocycles. The van der Waals surface area contributed by atoms with E-state index < -0.39 is 18.1 Å². The number of esters is 1. The molecule has 1 aliphatic heterocycles. The molecule has 0 aromatic carbocycles. The first-order valence-corrected chi connectivity index (χ1v) is 6.25. The van der Waals surface area contributed by atoms with Crippen LogP contribution in [0.5, 0.6) is 0 Å². The molecule has 6 heteroatoms. The van der Waals surface area contributed by atoms with Gasteiger partial charge in [0.05, 0.1) is 13.7 Å². The third kappa shape index (κ3) is 4.62. The summed E-state index contributed by atoms with van der Waals surface area (Å²) in [7, 11) is 1.32. The molecular formula is C12H22N2O4. The van der Waals surface area contributed by atoms with Crippen molar-refractivity contribution >= 4 is 11.9 Å². The number of carbonyl (C=O) groups excluding carboxylic acids is 2. The molecule has 1 unspecified atom stereocenters. The highest BCUT2D eigenvalue weighted by atomic mass is 16.5. The van der Waals surface area contributed by atoms with Crippen LogP contribution in [-0.4, -0.2) is 50.8 Å². The second kappa shape index (κ2) is 7.33. The summed E-state index contributed by atoms with van der Waals surface area (Å²) in [6.45, 7) is 5.70. The molecule has 0 aliphatic carbocycles. The number of methoxy groups -OCH3 is 1. The van der Waals surface area contributed by atoms with E-state index in [-0.39, 0.29) is 5.91 Å². The minimum atomic E-state index is -0.604. The van der Waals surface area contributed by atoms with E-state index in [2.05, 4.69) is 10.6 Å². The van der Waals surface area contributed by atoms with E-state index in [4.69, 9.17) is 9.47 Å². The fourth-order valence-corrected chi connectivity index (χ4v) is 1.83. The Labute approximate surface area is 107 Å². The fraction of sp³-hybridized carbons (Fsp3) is 0.833. The summed E-state index contributed by atoms with van der Waals surface area (Å²) in [5, 5.41) is 5.76. The third-order valence-corrected chi connectivity index (χ3v) is 2.73. The summed E-state index contributed by atoms with van der Waals surface area (Å²) >= 11 is 0. The van der Waals surface area contributed by atoms with Gasteiger partial charge in [-0.1, -0.05) is 13.8 Å². The Hall–Kier alpha value is -1.14. The maximum absolute atomic E-state index is 11.9. The predicted octanol–water partition coefficient (Wildman–Crippen LogP) is -0.321. The Morgan fingerprint density at radius 2 is 2.22 bits per heavy atom. The van der Waals surface area contributed by atoms with Crippen molar-refractivity contribution in [3.8, 4) is 0 Å². The smallest absolute Gasteiger partial charge is 0.328 e. The quantitative estimate of drug-likeness (QED) is 0.661. The number of hydrogen-bond acceptors (Lipinski definition) is 5. The Bertz CT molecular complexity index is 288. The monoisotopic (exact) mass is 258 g/mol. The molecule has 1 amide bonds. The van der Waals surface area contributed by atoms with Crippen LogP contribution in [0.2, 0.25) is 0 Å². The molecule has 18 heavy (non-hydrogen) atoms. The van der Waals surface area contributed by atoms with Gasteiger partial charge < -0.3 is 20.1 Å². The van der Waals surface area contributed by atoms with Crippen LogP contribution in [0.15, 0.2) is 0 Å². The van der Waals surface area contributed by atoms with Gasteiger partial charge in [-0.15, -0.1) is 0 Å². The van der Waals surface area contributed by atoms with Crippen LogP contribution in [0.1, 0.15) is 20.3 Å². The van der Waals surface area contributed by atoms with Crippen molar-refractivity contribution in [2.45, 2.75) is 32.4 Å². The van der Waals surface area contributed by atoms with Crippen LogP contribution in [0.4, 0.5) is 0 Å². The number of morpholine rings is 1. The summed E-state index contributed by atoms with van der Waals surface area (Å²) in [5.74, 6) is -0.390. The maximum Gasteiger partial charge on any atom is 0.328 e. The second-order valence-corrected chi connectivity index (χ2v) is 4.78. The number of amides is 1. The van der Waals surface area contributed by atoms with Gasteiger partial charge in [0.2, 0.25) is 0 Å². The van der Waals surface area contributed by atoms with E-state index in [9.17, 15) is 9.59 Å². The van der Waals surface area contributed by atoms with Gasteiger partial charge in [-0.3, -0.25) is 4.79 Å². The highest BCUT2D eigenvalue weighted by Crippen LogP contribution is 2.07. The topological polar surface area (TPSA) is 76.7 Å². The number of carbonyl (C=O) groups is 2. The van der Waals surface area contributed by atoms with E-state index in [1.54, 1.807) is 0 Å². The van der Waals surface area contributed by atoms with Gasteiger partial charge in [-0.2, -0.15) is 0 Å². The lowest BCUT2D eigenvalue weighted by atomic mass is 10.0. The molecule has 0 aromatic heterocycles. The van der Waals surface area contributed by atoms with E-state index in [1.807, 2.05) is 13.8 Å². The maximum atomic E-state index is 11.9. The van der Waals surface area contributed by atoms with Crippen molar-refractivity contribution in [3.63, 3.8) is 0 Å². The van der Waals surface area contributed by atoms with Gasteiger partial charge in [-0.25, -0.2) is 4.79 Å². The van der Waals surface area contributed by atoms with E-state index in [1.165, 1.54) is 7.11 Å². The second-order valence-electron chi connectivity index (χ2n) is 4.78. The lowest BCUT2D eigenvalue weighted by Crippen LogP contribution is -2.52. The van der Waals surface area contributed by atoms with Crippen molar-refractivity contribution in [1.82, 2.24) is 10.6 Å². The molecule has 2 atom stereocenters. The zero-order valence-electron chi connectivity index (χ0n) is 11.2. The van der Waals surface area contributed by atoms with Crippen LogP contribution < -0.4 is 10.6 Å². The molecule has 1 rings (SSSR count). The van der Waals surface area contributed by atoms with Crippen molar-refractivity contribution in [2.24, 2.45) is 5.92 Å². The van der Waals surface area contributed by atoms with Crippen LogP contribution in [0, 0.1) is 5.92 Å². The van der Waals surface area contributed by atoms with Crippen molar-refractivity contribution in [2.75, 3.05) is 26.8 Å². The van der Waals surface area contributed by atoms with Gasteiger partial charge in [-0.05, 0) is 12.3 Å². The normalized spacial score (nSPS) is 21.4. The van der Waals surface area contributed by atoms with Gasteiger partial charge in [0.25, 0.3) is 5.91 Å². The van der Waals surface area contributed by atoms with E-state index >= 15 is 0 Å². The lowest BCUT2D eigenvalue weighted by molar-refractivity contribution is -0.147. The first kappa shape index (κ1) is 14.9. The molecule has 1 saturated heterocycles. The molecule has 1 aliphatic rings. The van der Waals surface area contributed by atoms with Crippen molar-refractivity contribution < 1.29 is 19.1 Å². The first-order chi connectivity index (χ1) is 8.54. The molecule has 0 aromatic rings. The first-order valence-electron chi connectivity index (χ1n) is 6.25. The van der Waals surface area contributed by atoms with E-state index in [0.29, 0.717) is 25.5 Å². The van der Waals surface area contributed by atoms with E-state index in [0.717, 1.165) is 6.54 Å². The minimum absolute atomic E-state index is 0.266. The standard InChI is InChI=1S/C12H22N2O4/c1-8(2)6-9(12(16)17-3)14-11(15)10-7-13-4-5-18-10/h8-10,13H,4-7H2,1-3H3,(H,14,15)/t9-,10?/m0/s1. The van der Waals surface area contributed by atoms with Crippen LogP contribution in [0.3, 0.4) is 0 Å². The highest BCUT2D eigenvalue weighted by Gasteiger charge is 2.28. The Morgan fingerprint density at radius 3 is 2.72 bits per heavy atom. The molecular weight excluding hydrogens is 236 g/mol. The number of hydrogen-bond donors (Lipinski definition) is 2. The molecule has 6 nitrogen and oxygen atoms in total. The zero-order chi connectivity index (χ0) is 13.5. The third-order valence-electron chi connectivity index (χ3n) is 2.73.